The van der Waals surface area contributed by atoms with Crippen LogP contribution in [0, 0.1) is 5.92 Å². The lowest BCUT2D eigenvalue weighted by Gasteiger charge is -2.15. The molecule has 2 heterocycles. The number of pyridine rings is 1. The van der Waals surface area contributed by atoms with Crippen molar-refractivity contribution in [3.8, 4) is 0 Å². The predicted molar refractivity (Wildman–Crippen MR) is 65.3 cm³/mol. The Hall–Kier alpha value is -2.43. The van der Waals surface area contributed by atoms with Crippen molar-refractivity contribution >= 4 is 17.7 Å². The second kappa shape index (κ2) is 3.80. The Kier molecular flexibility index (Phi) is 2.26. The second-order valence-electron chi connectivity index (χ2n) is 4.22. The van der Waals surface area contributed by atoms with Gasteiger partial charge in [0, 0.05) is 11.8 Å². The van der Waals surface area contributed by atoms with E-state index in [0.717, 1.165) is 0 Å². The molecule has 90 valence electrons. The topological polar surface area (TPSA) is 71.7 Å². The Bertz CT molecular complexity index is 731. The van der Waals surface area contributed by atoms with Crippen molar-refractivity contribution < 1.29 is 9.90 Å². The molecule has 1 aliphatic rings. The fraction of sp³-hybridized carbons (Fsp3) is 0.154. The highest BCUT2D eigenvalue weighted by Crippen LogP contribution is 2.19. The highest BCUT2D eigenvalue weighted by atomic mass is 16.4. The average molecular weight is 242 g/mol. The van der Waals surface area contributed by atoms with E-state index in [4.69, 9.17) is 5.11 Å². The first-order chi connectivity index (χ1) is 8.66. The SMILES string of the molecule is O=C(O)C1C=Cc2nc3ccccn3c(=O)c2C1. The molecule has 0 amide bonds. The maximum atomic E-state index is 12.2. The molecule has 1 aliphatic carbocycles. The van der Waals surface area contributed by atoms with Crippen LogP contribution in [0.3, 0.4) is 0 Å². The molecule has 1 unspecified atom stereocenters. The van der Waals surface area contributed by atoms with Crippen LogP contribution in [0.1, 0.15) is 11.3 Å². The number of hydrogen-bond donors (Lipinski definition) is 1. The van der Waals surface area contributed by atoms with E-state index < -0.39 is 11.9 Å². The van der Waals surface area contributed by atoms with E-state index >= 15 is 0 Å². The molecule has 0 aromatic carbocycles. The molecule has 2 aromatic rings. The molecule has 18 heavy (non-hydrogen) atoms. The molecule has 0 saturated heterocycles. The first-order valence-corrected chi connectivity index (χ1v) is 5.58. The Labute approximate surface area is 102 Å². The van der Waals surface area contributed by atoms with Gasteiger partial charge in [-0.3, -0.25) is 14.0 Å². The van der Waals surface area contributed by atoms with Crippen molar-refractivity contribution in [1.82, 2.24) is 9.38 Å². The molecular formula is C13H10N2O3. The molecule has 0 bridgehead atoms. The van der Waals surface area contributed by atoms with E-state index in [1.54, 1.807) is 36.5 Å². The van der Waals surface area contributed by atoms with Crippen molar-refractivity contribution in [2.75, 3.05) is 0 Å². The van der Waals surface area contributed by atoms with Crippen LogP contribution in [0.15, 0.2) is 35.3 Å². The van der Waals surface area contributed by atoms with Gasteiger partial charge < -0.3 is 5.11 Å². The van der Waals surface area contributed by atoms with Crippen molar-refractivity contribution in [2.45, 2.75) is 6.42 Å². The minimum atomic E-state index is -0.922. The number of carboxylic acids is 1. The number of nitrogens with zero attached hydrogens (tertiary/aromatic N) is 2. The van der Waals surface area contributed by atoms with Crippen LogP contribution in [-0.4, -0.2) is 20.5 Å². The van der Waals surface area contributed by atoms with Crippen LogP contribution in [0.4, 0.5) is 0 Å². The van der Waals surface area contributed by atoms with Gasteiger partial charge in [0.15, 0.2) is 0 Å². The van der Waals surface area contributed by atoms with E-state index in [-0.39, 0.29) is 12.0 Å². The average Bonchev–Trinajstić information content (AvgIpc) is 2.38. The Morgan fingerprint density at radius 1 is 1.44 bits per heavy atom. The van der Waals surface area contributed by atoms with E-state index in [1.807, 2.05) is 0 Å². The van der Waals surface area contributed by atoms with E-state index in [2.05, 4.69) is 4.98 Å². The van der Waals surface area contributed by atoms with Crippen LogP contribution in [-0.2, 0) is 11.2 Å². The summed E-state index contributed by atoms with van der Waals surface area (Å²) in [6, 6.07) is 5.30. The molecule has 1 N–H and O–H groups in total. The third-order valence-corrected chi connectivity index (χ3v) is 3.09. The van der Waals surface area contributed by atoms with Gasteiger partial charge in [-0.25, -0.2) is 4.98 Å². The molecule has 5 heteroatoms. The summed E-state index contributed by atoms with van der Waals surface area (Å²) in [4.78, 5) is 27.5. The van der Waals surface area contributed by atoms with Gasteiger partial charge in [-0.05, 0) is 24.6 Å². The third kappa shape index (κ3) is 1.52. The summed E-state index contributed by atoms with van der Waals surface area (Å²) in [5.74, 6) is -1.57. The first-order valence-electron chi connectivity index (χ1n) is 5.58. The van der Waals surface area contributed by atoms with Gasteiger partial charge in [0.2, 0.25) is 0 Å². The van der Waals surface area contributed by atoms with Gasteiger partial charge in [0.25, 0.3) is 5.56 Å². The second-order valence-corrected chi connectivity index (χ2v) is 4.22. The van der Waals surface area contributed by atoms with E-state index in [9.17, 15) is 9.59 Å². The minimum absolute atomic E-state index is 0.189. The fourth-order valence-corrected chi connectivity index (χ4v) is 2.14. The maximum absolute atomic E-state index is 12.2. The number of carboxylic acid groups (broad SMARTS) is 1. The quantitative estimate of drug-likeness (QED) is 0.808. The monoisotopic (exact) mass is 242 g/mol. The molecular weight excluding hydrogens is 232 g/mol. The largest absolute Gasteiger partial charge is 0.481 e. The molecule has 1 atom stereocenters. The van der Waals surface area contributed by atoms with Crippen LogP contribution in [0.25, 0.3) is 11.7 Å². The molecule has 0 saturated carbocycles. The zero-order valence-electron chi connectivity index (χ0n) is 9.41. The molecule has 0 fully saturated rings. The normalized spacial score (nSPS) is 17.7. The first kappa shape index (κ1) is 10.7. The summed E-state index contributed by atoms with van der Waals surface area (Å²) in [5, 5.41) is 8.99. The van der Waals surface area contributed by atoms with E-state index in [1.165, 1.54) is 4.40 Å². The van der Waals surface area contributed by atoms with E-state index in [0.29, 0.717) is 16.9 Å². The van der Waals surface area contributed by atoms with Gasteiger partial charge in [0.05, 0.1) is 11.6 Å². The van der Waals surface area contributed by atoms with Gasteiger partial charge in [0.1, 0.15) is 5.65 Å². The summed E-state index contributed by atoms with van der Waals surface area (Å²) in [7, 11) is 0. The molecule has 5 nitrogen and oxygen atoms in total. The minimum Gasteiger partial charge on any atom is -0.481 e. The Morgan fingerprint density at radius 3 is 3.06 bits per heavy atom. The zero-order chi connectivity index (χ0) is 12.7. The Morgan fingerprint density at radius 2 is 2.28 bits per heavy atom. The molecule has 3 rings (SSSR count). The van der Waals surface area contributed by atoms with Gasteiger partial charge in [-0.15, -0.1) is 0 Å². The number of fused-ring (bicyclic) bond motifs is 2. The third-order valence-electron chi connectivity index (χ3n) is 3.09. The summed E-state index contributed by atoms with van der Waals surface area (Å²) >= 11 is 0. The van der Waals surface area contributed by atoms with Gasteiger partial charge >= 0.3 is 5.97 Å². The van der Waals surface area contributed by atoms with Crippen LogP contribution >= 0.6 is 0 Å². The predicted octanol–water partition coefficient (Wildman–Crippen LogP) is 0.965. The Balaban J connectivity index is 2.26. The maximum Gasteiger partial charge on any atom is 0.310 e. The fourth-order valence-electron chi connectivity index (χ4n) is 2.14. The summed E-state index contributed by atoms with van der Waals surface area (Å²) in [6.07, 6.45) is 5.03. The number of rotatable bonds is 1. The lowest BCUT2D eigenvalue weighted by atomic mass is 9.93. The van der Waals surface area contributed by atoms with Crippen molar-refractivity contribution in [3.63, 3.8) is 0 Å². The number of hydrogen-bond acceptors (Lipinski definition) is 3. The van der Waals surface area contributed by atoms with Gasteiger partial charge in [-0.2, -0.15) is 0 Å². The molecule has 2 aromatic heterocycles. The van der Waals surface area contributed by atoms with Crippen LogP contribution in [0.2, 0.25) is 0 Å². The van der Waals surface area contributed by atoms with Crippen molar-refractivity contribution in [3.05, 3.63) is 52.1 Å². The lowest BCUT2D eigenvalue weighted by Crippen LogP contribution is -2.27. The lowest BCUT2D eigenvalue weighted by molar-refractivity contribution is -0.140. The smallest absolute Gasteiger partial charge is 0.310 e. The summed E-state index contributed by atoms with van der Waals surface area (Å²) < 4.78 is 1.44. The molecule has 0 radical (unpaired) electrons. The summed E-state index contributed by atoms with van der Waals surface area (Å²) in [5.41, 5.74) is 1.42. The van der Waals surface area contributed by atoms with Crippen molar-refractivity contribution in [2.24, 2.45) is 5.92 Å². The summed E-state index contributed by atoms with van der Waals surface area (Å²) in [6.45, 7) is 0. The highest BCUT2D eigenvalue weighted by Gasteiger charge is 2.23. The number of aliphatic carboxylic acids is 1. The zero-order valence-corrected chi connectivity index (χ0v) is 9.41. The van der Waals surface area contributed by atoms with Crippen LogP contribution in [0.5, 0.6) is 0 Å². The molecule has 0 aliphatic heterocycles. The molecule has 0 spiro atoms. The standard InChI is InChI=1S/C13H10N2O3/c16-12-9-7-8(13(17)18)4-5-10(9)14-11-3-1-2-6-15(11)12/h1-6,8H,7H2,(H,17,18). The highest BCUT2D eigenvalue weighted by molar-refractivity contribution is 5.76. The van der Waals surface area contributed by atoms with Gasteiger partial charge in [-0.1, -0.05) is 12.1 Å². The van der Waals surface area contributed by atoms with Crippen molar-refractivity contribution in [1.29, 1.82) is 0 Å². The number of carbonyl (C=O) groups is 1. The number of aromatic nitrogens is 2. The van der Waals surface area contributed by atoms with Crippen LogP contribution < -0.4 is 5.56 Å².